The normalized spacial score (nSPS) is 19.7. The third-order valence-corrected chi connectivity index (χ3v) is 6.02. The molecule has 2 aromatic heterocycles. The van der Waals surface area contributed by atoms with Gasteiger partial charge in [0.25, 0.3) is 0 Å². The van der Waals surface area contributed by atoms with Gasteiger partial charge in [-0.1, -0.05) is 12.8 Å². The van der Waals surface area contributed by atoms with Crippen LogP contribution < -0.4 is 10.2 Å². The lowest BCUT2D eigenvalue weighted by atomic mass is 9.96. The molecule has 2 aromatic rings. The molecule has 0 aromatic carbocycles. The molecule has 152 valence electrons. The number of nitrogens with zero attached hydrogens (tertiary/aromatic N) is 6. The molecule has 0 atom stereocenters. The predicted octanol–water partition coefficient (Wildman–Crippen LogP) is 1.64. The Morgan fingerprint density at radius 2 is 1.82 bits per heavy atom. The molecule has 4 heterocycles. The van der Waals surface area contributed by atoms with Crippen LogP contribution >= 0.6 is 0 Å². The van der Waals surface area contributed by atoms with Crippen molar-refractivity contribution in [2.45, 2.75) is 45.4 Å². The standard InChI is InChI=1S/C20H31N7O/c1-16-22-23-18-6-7-19(24-27(16)18)26-13-8-17(9-14-26)20(28)21-10-15-25-11-4-2-3-5-12-25/h6-7,17H,2-5,8-15H2,1H3,(H,21,28). The van der Waals surface area contributed by atoms with Crippen molar-refractivity contribution in [2.75, 3.05) is 44.2 Å². The molecule has 2 saturated heterocycles. The molecule has 8 heteroatoms. The summed E-state index contributed by atoms with van der Waals surface area (Å²) in [5.74, 6) is 2.04. The molecular formula is C20H31N7O. The zero-order chi connectivity index (χ0) is 19.3. The topological polar surface area (TPSA) is 78.7 Å². The lowest BCUT2D eigenvalue weighted by Crippen LogP contribution is -2.43. The molecule has 2 fully saturated rings. The van der Waals surface area contributed by atoms with Gasteiger partial charge in [-0.3, -0.25) is 4.79 Å². The average Bonchev–Trinajstić information content (AvgIpc) is 2.92. The van der Waals surface area contributed by atoms with Crippen LogP contribution in [0.2, 0.25) is 0 Å². The van der Waals surface area contributed by atoms with E-state index < -0.39 is 0 Å². The number of aromatic nitrogens is 4. The van der Waals surface area contributed by atoms with Crippen LogP contribution in [0.1, 0.15) is 44.3 Å². The van der Waals surface area contributed by atoms with Crippen LogP contribution in [0, 0.1) is 12.8 Å². The molecule has 0 bridgehead atoms. The maximum absolute atomic E-state index is 12.6. The first-order valence-electron chi connectivity index (χ1n) is 10.6. The maximum Gasteiger partial charge on any atom is 0.223 e. The van der Waals surface area contributed by atoms with E-state index >= 15 is 0 Å². The number of anilines is 1. The summed E-state index contributed by atoms with van der Waals surface area (Å²) in [6.45, 7) is 7.71. The van der Waals surface area contributed by atoms with Gasteiger partial charge in [-0.15, -0.1) is 15.3 Å². The zero-order valence-electron chi connectivity index (χ0n) is 16.8. The lowest BCUT2D eigenvalue weighted by molar-refractivity contribution is -0.125. The van der Waals surface area contributed by atoms with E-state index in [1.807, 2.05) is 19.1 Å². The molecule has 0 unspecified atom stereocenters. The van der Waals surface area contributed by atoms with Gasteiger partial charge in [-0.2, -0.15) is 4.52 Å². The van der Waals surface area contributed by atoms with Gasteiger partial charge < -0.3 is 15.1 Å². The molecular weight excluding hydrogens is 354 g/mol. The van der Waals surface area contributed by atoms with Crippen molar-refractivity contribution in [2.24, 2.45) is 5.92 Å². The monoisotopic (exact) mass is 385 g/mol. The number of likely N-dealkylation sites (tertiary alicyclic amines) is 1. The Bertz CT molecular complexity index is 789. The Hall–Kier alpha value is -2.22. The summed E-state index contributed by atoms with van der Waals surface area (Å²) in [4.78, 5) is 17.3. The van der Waals surface area contributed by atoms with E-state index in [9.17, 15) is 4.79 Å². The smallest absolute Gasteiger partial charge is 0.223 e. The number of piperidine rings is 1. The fourth-order valence-corrected chi connectivity index (χ4v) is 4.27. The van der Waals surface area contributed by atoms with Crippen LogP contribution in [0.3, 0.4) is 0 Å². The minimum Gasteiger partial charge on any atom is -0.355 e. The Morgan fingerprint density at radius 3 is 2.57 bits per heavy atom. The van der Waals surface area contributed by atoms with Gasteiger partial charge in [0.2, 0.25) is 5.91 Å². The highest BCUT2D eigenvalue weighted by atomic mass is 16.1. The molecule has 0 radical (unpaired) electrons. The number of carbonyl (C=O) groups is 1. The molecule has 2 aliphatic rings. The van der Waals surface area contributed by atoms with Gasteiger partial charge in [-0.05, 0) is 57.8 Å². The Kier molecular flexibility index (Phi) is 6.04. The molecule has 2 aliphatic heterocycles. The van der Waals surface area contributed by atoms with Crippen LogP contribution in [0.4, 0.5) is 5.82 Å². The maximum atomic E-state index is 12.6. The Morgan fingerprint density at radius 1 is 1.07 bits per heavy atom. The van der Waals surface area contributed by atoms with Crippen molar-refractivity contribution in [1.29, 1.82) is 0 Å². The zero-order valence-corrected chi connectivity index (χ0v) is 16.8. The van der Waals surface area contributed by atoms with Gasteiger partial charge in [0.15, 0.2) is 11.5 Å². The van der Waals surface area contributed by atoms with Crippen molar-refractivity contribution in [3.05, 3.63) is 18.0 Å². The third-order valence-electron chi connectivity index (χ3n) is 6.02. The first kappa shape index (κ1) is 19.1. The summed E-state index contributed by atoms with van der Waals surface area (Å²) < 4.78 is 1.77. The highest BCUT2D eigenvalue weighted by Crippen LogP contribution is 2.22. The number of carbonyl (C=O) groups excluding carboxylic acids is 1. The lowest BCUT2D eigenvalue weighted by Gasteiger charge is -2.32. The van der Waals surface area contributed by atoms with Gasteiger partial charge in [0.1, 0.15) is 5.82 Å². The molecule has 28 heavy (non-hydrogen) atoms. The quantitative estimate of drug-likeness (QED) is 0.843. The fourth-order valence-electron chi connectivity index (χ4n) is 4.27. The summed E-state index contributed by atoms with van der Waals surface area (Å²) in [7, 11) is 0. The molecule has 0 saturated carbocycles. The van der Waals surface area contributed by atoms with Crippen molar-refractivity contribution in [3.63, 3.8) is 0 Å². The van der Waals surface area contributed by atoms with Crippen LogP contribution in [0.15, 0.2) is 12.1 Å². The third kappa shape index (κ3) is 4.43. The van der Waals surface area contributed by atoms with E-state index in [4.69, 9.17) is 0 Å². The average molecular weight is 386 g/mol. The van der Waals surface area contributed by atoms with E-state index in [1.54, 1.807) is 4.52 Å². The van der Waals surface area contributed by atoms with Crippen molar-refractivity contribution in [1.82, 2.24) is 30.0 Å². The van der Waals surface area contributed by atoms with Gasteiger partial charge in [-0.25, -0.2) is 0 Å². The van der Waals surface area contributed by atoms with Crippen molar-refractivity contribution >= 4 is 17.4 Å². The largest absolute Gasteiger partial charge is 0.355 e. The van der Waals surface area contributed by atoms with Crippen LogP contribution in [0.5, 0.6) is 0 Å². The number of aryl methyl sites for hydroxylation is 1. The second-order valence-electron chi connectivity index (χ2n) is 8.02. The van der Waals surface area contributed by atoms with Gasteiger partial charge in [0.05, 0.1) is 0 Å². The highest BCUT2D eigenvalue weighted by molar-refractivity contribution is 5.79. The molecule has 4 rings (SSSR count). The predicted molar refractivity (Wildman–Crippen MR) is 108 cm³/mol. The van der Waals surface area contributed by atoms with E-state index in [0.29, 0.717) is 0 Å². The first-order valence-corrected chi connectivity index (χ1v) is 10.6. The second-order valence-corrected chi connectivity index (χ2v) is 8.02. The van der Waals surface area contributed by atoms with Crippen molar-refractivity contribution < 1.29 is 4.79 Å². The second kappa shape index (κ2) is 8.86. The molecule has 0 aliphatic carbocycles. The molecule has 8 nitrogen and oxygen atoms in total. The number of nitrogens with one attached hydrogen (secondary N) is 1. The number of amides is 1. The summed E-state index contributed by atoms with van der Waals surface area (Å²) >= 11 is 0. The SMILES string of the molecule is Cc1nnc2ccc(N3CCC(C(=O)NCCN4CCCCCC4)CC3)nn12. The minimum atomic E-state index is 0.112. The number of fused-ring (bicyclic) bond motifs is 1. The Balaban J connectivity index is 1.23. The van der Waals surface area contributed by atoms with Gasteiger partial charge in [0, 0.05) is 32.1 Å². The van der Waals surface area contributed by atoms with Crippen LogP contribution in [0.25, 0.3) is 5.65 Å². The van der Waals surface area contributed by atoms with E-state index in [2.05, 4.69) is 30.4 Å². The number of hydrogen-bond acceptors (Lipinski definition) is 6. The summed E-state index contributed by atoms with van der Waals surface area (Å²) in [6, 6.07) is 3.94. The van der Waals surface area contributed by atoms with Gasteiger partial charge >= 0.3 is 0 Å². The minimum absolute atomic E-state index is 0.112. The number of hydrogen-bond donors (Lipinski definition) is 1. The number of rotatable bonds is 5. The summed E-state index contributed by atoms with van der Waals surface area (Å²) in [5.41, 5.74) is 0.764. The van der Waals surface area contributed by atoms with E-state index in [-0.39, 0.29) is 11.8 Å². The molecule has 1 amide bonds. The van der Waals surface area contributed by atoms with Crippen LogP contribution in [-0.4, -0.2) is 69.9 Å². The summed E-state index contributed by atoms with van der Waals surface area (Å²) in [6.07, 6.45) is 7.02. The van der Waals surface area contributed by atoms with E-state index in [1.165, 1.54) is 38.8 Å². The molecule has 1 N–H and O–H groups in total. The summed E-state index contributed by atoms with van der Waals surface area (Å²) in [5, 5.41) is 16.0. The van der Waals surface area contributed by atoms with E-state index in [0.717, 1.165) is 56.3 Å². The molecule has 0 spiro atoms. The van der Waals surface area contributed by atoms with Crippen molar-refractivity contribution in [3.8, 4) is 0 Å². The van der Waals surface area contributed by atoms with Crippen LogP contribution in [-0.2, 0) is 4.79 Å². The fraction of sp³-hybridized carbons (Fsp3) is 0.700. The first-order chi connectivity index (χ1) is 13.7. The Labute approximate surface area is 166 Å². The highest BCUT2D eigenvalue weighted by Gasteiger charge is 2.26.